The molecule has 2 rings (SSSR count). The Morgan fingerprint density at radius 2 is 1.80 bits per heavy atom. The van der Waals surface area contributed by atoms with Crippen LogP contribution in [0.4, 0.5) is 18.9 Å². The third-order valence-electron chi connectivity index (χ3n) is 3.28. The monoisotopic (exact) mass is 346 g/mol. The highest BCUT2D eigenvalue weighted by molar-refractivity contribution is 6.09. The molecule has 0 bridgehead atoms. The van der Waals surface area contributed by atoms with Crippen LogP contribution < -0.4 is 10.1 Å². The van der Waals surface area contributed by atoms with E-state index in [0.717, 1.165) is 12.1 Å². The first-order valence-corrected chi connectivity index (χ1v) is 7.08. The summed E-state index contributed by atoms with van der Waals surface area (Å²) in [6.07, 6.45) is -3.66. The Bertz CT molecular complexity index is 835. The van der Waals surface area contributed by atoms with E-state index in [1.807, 2.05) is 0 Å². The number of hydrogen-bond acceptors (Lipinski definition) is 3. The lowest BCUT2D eigenvalue weighted by Crippen LogP contribution is -2.14. The van der Waals surface area contributed by atoms with Gasteiger partial charge in [0.2, 0.25) is 0 Å². The number of ether oxygens (including phenoxy) is 1. The van der Waals surface area contributed by atoms with Crippen molar-refractivity contribution in [1.82, 2.24) is 0 Å². The van der Waals surface area contributed by atoms with Crippen molar-refractivity contribution in [1.29, 1.82) is 5.26 Å². The molecule has 128 valence electrons. The molecule has 0 heterocycles. The van der Waals surface area contributed by atoms with Crippen LogP contribution in [0.2, 0.25) is 0 Å². The summed E-state index contributed by atoms with van der Waals surface area (Å²) in [6.45, 7) is 0. The minimum atomic E-state index is -4.58. The number of alkyl halides is 3. The van der Waals surface area contributed by atoms with E-state index in [1.54, 1.807) is 30.3 Å². The Hall–Kier alpha value is -3.27. The standard InChI is InChI=1S/C18H13F3N2O2/c1-25-15-8-6-14(7-9-15)23-17(24)13(11-22)10-12-4-2-3-5-16(12)18(19,20)21/h2-10H,1H3,(H,23,24)/b13-10-. The number of carbonyl (C=O) groups is 1. The van der Waals surface area contributed by atoms with Crippen molar-refractivity contribution in [3.8, 4) is 11.8 Å². The molecular formula is C18H13F3N2O2. The van der Waals surface area contributed by atoms with E-state index in [2.05, 4.69) is 5.32 Å². The number of nitrogens with one attached hydrogen (secondary N) is 1. The fourth-order valence-corrected chi connectivity index (χ4v) is 2.06. The molecule has 0 saturated heterocycles. The molecule has 0 atom stereocenters. The summed E-state index contributed by atoms with van der Waals surface area (Å²) in [7, 11) is 1.49. The highest BCUT2D eigenvalue weighted by Crippen LogP contribution is 2.32. The van der Waals surface area contributed by atoms with Gasteiger partial charge in [-0.1, -0.05) is 18.2 Å². The molecule has 1 N–H and O–H groups in total. The number of methoxy groups -OCH3 is 1. The van der Waals surface area contributed by atoms with Crippen LogP contribution in [0.1, 0.15) is 11.1 Å². The summed E-state index contributed by atoms with van der Waals surface area (Å²) in [6, 6.07) is 12.7. The number of nitrogens with zero attached hydrogens (tertiary/aromatic N) is 1. The van der Waals surface area contributed by atoms with Crippen molar-refractivity contribution < 1.29 is 22.7 Å². The molecule has 4 nitrogen and oxygen atoms in total. The van der Waals surface area contributed by atoms with E-state index >= 15 is 0 Å². The molecule has 0 spiro atoms. The molecular weight excluding hydrogens is 333 g/mol. The van der Waals surface area contributed by atoms with Crippen molar-refractivity contribution in [3.05, 3.63) is 65.2 Å². The first kappa shape index (κ1) is 18.1. The number of rotatable bonds is 4. The fourth-order valence-electron chi connectivity index (χ4n) is 2.06. The van der Waals surface area contributed by atoms with Gasteiger partial charge < -0.3 is 10.1 Å². The zero-order valence-corrected chi connectivity index (χ0v) is 13.1. The van der Waals surface area contributed by atoms with Crippen LogP contribution in [0.15, 0.2) is 54.1 Å². The van der Waals surface area contributed by atoms with Crippen molar-refractivity contribution in [2.75, 3.05) is 12.4 Å². The maximum absolute atomic E-state index is 13.0. The molecule has 1 amide bonds. The maximum atomic E-state index is 13.0. The van der Waals surface area contributed by atoms with Gasteiger partial charge in [-0.3, -0.25) is 4.79 Å². The molecule has 25 heavy (non-hydrogen) atoms. The van der Waals surface area contributed by atoms with Crippen LogP contribution in [-0.2, 0) is 11.0 Å². The van der Waals surface area contributed by atoms with Crippen molar-refractivity contribution in [3.63, 3.8) is 0 Å². The third kappa shape index (κ3) is 4.61. The van der Waals surface area contributed by atoms with Crippen LogP contribution in [-0.4, -0.2) is 13.0 Å². The first-order valence-electron chi connectivity index (χ1n) is 7.08. The Morgan fingerprint density at radius 3 is 2.36 bits per heavy atom. The summed E-state index contributed by atoms with van der Waals surface area (Å²) in [5.41, 5.74) is -1.22. The Balaban J connectivity index is 2.28. The SMILES string of the molecule is COc1ccc(NC(=O)/C(C#N)=C\c2ccccc2C(F)(F)F)cc1. The number of anilines is 1. The van der Waals surface area contributed by atoms with Gasteiger partial charge >= 0.3 is 6.18 Å². The smallest absolute Gasteiger partial charge is 0.416 e. The highest BCUT2D eigenvalue weighted by atomic mass is 19.4. The Kier molecular flexibility index (Phi) is 5.45. The first-order chi connectivity index (χ1) is 11.8. The molecule has 2 aromatic rings. The Labute approximate surface area is 142 Å². The van der Waals surface area contributed by atoms with Gasteiger partial charge in [0.15, 0.2) is 0 Å². The third-order valence-corrected chi connectivity index (χ3v) is 3.28. The van der Waals surface area contributed by atoms with Gasteiger partial charge in [-0.25, -0.2) is 0 Å². The second kappa shape index (κ2) is 7.53. The van der Waals surface area contributed by atoms with Crippen LogP contribution >= 0.6 is 0 Å². The topological polar surface area (TPSA) is 62.1 Å². The average molecular weight is 346 g/mol. The zero-order chi connectivity index (χ0) is 18.4. The van der Waals surface area contributed by atoms with Crippen molar-refractivity contribution in [2.24, 2.45) is 0 Å². The lowest BCUT2D eigenvalue weighted by molar-refractivity contribution is -0.137. The maximum Gasteiger partial charge on any atom is 0.416 e. The van der Waals surface area contributed by atoms with Gasteiger partial charge in [0.05, 0.1) is 12.7 Å². The predicted octanol–water partition coefficient (Wildman–Crippen LogP) is 4.26. The zero-order valence-electron chi connectivity index (χ0n) is 13.1. The number of amides is 1. The van der Waals surface area contributed by atoms with Gasteiger partial charge in [-0.15, -0.1) is 0 Å². The van der Waals surface area contributed by atoms with E-state index < -0.39 is 23.2 Å². The van der Waals surface area contributed by atoms with Crippen molar-refractivity contribution >= 4 is 17.7 Å². The molecule has 0 aliphatic carbocycles. The van der Waals surface area contributed by atoms with Gasteiger partial charge in [0.1, 0.15) is 17.4 Å². The molecule has 0 aromatic heterocycles. The number of carbonyl (C=O) groups excluding carboxylic acids is 1. The van der Waals surface area contributed by atoms with Crippen LogP contribution in [0.5, 0.6) is 5.75 Å². The summed E-state index contributed by atoms with van der Waals surface area (Å²) < 4.78 is 44.0. The molecule has 0 saturated carbocycles. The summed E-state index contributed by atoms with van der Waals surface area (Å²) in [5.74, 6) is -0.224. The highest BCUT2D eigenvalue weighted by Gasteiger charge is 2.32. The normalized spacial score (nSPS) is 11.6. The molecule has 7 heteroatoms. The average Bonchev–Trinajstić information content (AvgIpc) is 2.59. The predicted molar refractivity (Wildman–Crippen MR) is 86.7 cm³/mol. The van der Waals surface area contributed by atoms with Gasteiger partial charge in [-0.05, 0) is 42.0 Å². The largest absolute Gasteiger partial charge is 0.497 e. The molecule has 0 fully saturated rings. The van der Waals surface area contributed by atoms with Crippen LogP contribution in [0.3, 0.4) is 0 Å². The summed E-state index contributed by atoms with van der Waals surface area (Å²) in [4.78, 5) is 12.1. The molecule has 0 unspecified atom stereocenters. The fraction of sp³-hybridized carbons (Fsp3) is 0.111. The molecule has 2 aromatic carbocycles. The summed E-state index contributed by atoms with van der Waals surface area (Å²) >= 11 is 0. The lowest BCUT2D eigenvalue weighted by atomic mass is 10.0. The minimum Gasteiger partial charge on any atom is -0.497 e. The number of benzene rings is 2. The van der Waals surface area contributed by atoms with E-state index in [9.17, 15) is 18.0 Å². The molecule has 0 aliphatic heterocycles. The molecule has 0 radical (unpaired) electrons. The lowest BCUT2D eigenvalue weighted by Gasteiger charge is -2.10. The number of halogens is 3. The van der Waals surface area contributed by atoms with Crippen LogP contribution in [0, 0.1) is 11.3 Å². The van der Waals surface area contributed by atoms with Gasteiger partial charge in [0, 0.05) is 5.69 Å². The van der Waals surface area contributed by atoms with E-state index in [1.165, 1.54) is 25.3 Å². The number of hydrogen-bond donors (Lipinski definition) is 1. The van der Waals surface area contributed by atoms with E-state index in [0.29, 0.717) is 11.4 Å². The second-order valence-electron chi connectivity index (χ2n) is 4.94. The van der Waals surface area contributed by atoms with E-state index in [4.69, 9.17) is 10.00 Å². The molecule has 0 aliphatic rings. The second-order valence-corrected chi connectivity index (χ2v) is 4.94. The minimum absolute atomic E-state index is 0.253. The van der Waals surface area contributed by atoms with Gasteiger partial charge in [-0.2, -0.15) is 18.4 Å². The van der Waals surface area contributed by atoms with E-state index in [-0.39, 0.29) is 5.56 Å². The number of nitriles is 1. The Morgan fingerprint density at radius 1 is 1.16 bits per heavy atom. The van der Waals surface area contributed by atoms with Gasteiger partial charge in [0.25, 0.3) is 5.91 Å². The van der Waals surface area contributed by atoms with Crippen molar-refractivity contribution in [2.45, 2.75) is 6.18 Å². The van der Waals surface area contributed by atoms with Crippen LogP contribution in [0.25, 0.3) is 6.08 Å². The summed E-state index contributed by atoms with van der Waals surface area (Å²) in [5, 5.41) is 11.6. The quantitative estimate of drug-likeness (QED) is 0.665.